The van der Waals surface area contributed by atoms with E-state index in [9.17, 15) is 0 Å². The van der Waals surface area contributed by atoms with Gasteiger partial charge in [-0.15, -0.1) is 0 Å². The molecule has 0 fully saturated rings. The summed E-state index contributed by atoms with van der Waals surface area (Å²) < 4.78 is 0. The van der Waals surface area contributed by atoms with Crippen LogP contribution in [0, 0.1) is 0 Å². The SMILES string of the molecule is CCC(C)(C)c1ccc(-c2ccc(N(c3ccc(-c4ccc5c(c4)CC5)cc3)c3ccc(-c4ccc5c(c4)CC5)cc3)cc2)cc1. The van der Waals surface area contributed by atoms with Gasteiger partial charge in [-0.25, -0.2) is 0 Å². The fourth-order valence-corrected chi connectivity index (χ4v) is 6.92. The molecule has 2 aliphatic carbocycles. The lowest BCUT2D eigenvalue weighted by Gasteiger charge is -2.26. The summed E-state index contributed by atoms with van der Waals surface area (Å²) >= 11 is 0. The van der Waals surface area contributed by atoms with Crippen LogP contribution in [-0.4, -0.2) is 0 Å². The van der Waals surface area contributed by atoms with Gasteiger partial charge in [0.1, 0.15) is 0 Å². The number of hydrogen-bond donors (Lipinski definition) is 0. The minimum absolute atomic E-state index is 0.191. The lowest BCUT2D eigenvalue weighted by molar-refractivity contribution is 0.506. The van der Waals surface area contributed by atoms with Gasteiger partial charge in [-0.2, -0.15) is 0 Å². The van der Waals surface area contributed by atoms with Crippen molar-refractivity contribution in [3.05, 3.63) is 161 Å². The molecule has 0 bridgehead atoms. The summed E-state index contributed by atoms with van der Waals surface area (Å²) in [6.07, 6.45) is 5.96. The van der Waals surface area contributed by atoms with Gasteiger partial charge in [0.15, 0.2) is 0 Å². The van der Waals surface area contributed by atoms with Crippen LogP contribution in [0.15, 0.2) is 133 Å². The molecule has 1 nitrogen and oxygen atoms in total. The average molecular weight is 596 g/mol. The molecule has 0 aromatic heterocycles. The van der Waals surface area contributed by atoms with Crippen molar-refractivity contribution >= 4 is 17.1 Å². The van der Waals surface area contributed by atoms with Crippen LogP contribution in [0.25, 0.3) is 33.4 Å². The van der Waals surface area contributed by atoms with Crippen LogP contribution in [0.2, 0.25) is 0 Å². The smallest absolute Gasteiger partial charge is 0.0462 e. The zero-order chi connectivity index (χ0) is 31.3. The third kappa shape index (κ3) is 5.24. The van der Waals surface area contributed by atoms with E-state index in [4.69, 9.17) is 0 Å². The van der Waals surface area contributed by atoms with E-state index >= 15 is 0 Å². The van der Waals surface area contributed by atoms with Gasteiger partial charge in [0.05, 0.1) is 0 Å². The van der Waals surface area contributed by atoms with Gasteiger partial charge in [0.2, 0.25) is 0 Å². The van der Waals surface area contributed by atoms with E-state index in [2.05, 4.69) is 159 Å². The van der Waals surface area contributed by atoms with Crippen LogP contribution in [0.4, 0.5) is 17.1 Å². The summed E-state index contributed by atoms with van der Waals surface area (Å²) in [6.45, 7) is 6.90. The second kappa shape index (κ2) is 11.5. The molecule has 2 aliphatic rings. The summed E-state index contributed by atoms with van der Waals surface area (Å²) in [5, 5.41) is 0. The number of rotatable bonds is 8. The van der Waals surface area contributed by atoms with Crippen molar-refractivity contribution in [1.82, 2.24) is 0 Å². The van der Waals surface area contributed by atoms with Gasteiger partial charge in [-0.1, -0.05) is 118 Å². The first-order valence-electron chi connectivity index (χ1n) is 16.9. The zero-order valence-corrected chi connectivity index (χ0v) is 27.2. The lowest BCUT2D eigenvalue weighted by Crippen LogP contribution is -2.14. The van der Waals surface area contributed by atoms with Gasteiger partial charge in [0.25, 0.3) is 0 Å². The maximum absolute atomic E-state index is 2.37. The van der Waals surface area contributed by atoms with Gasteiger partial charge >= 0.3 is 0 Å². The van der Waals surface area contributed by atoms with Gasteiger partial charge in [-0.05, 0) is 135 Å². The Morgan fingerprint density at radius 1 is 0.413 bits per heavy atom. The van der Waals surface area contributed by atoms with Crippen molar-refractivity contribution in [3.8, 4) is 33.4 Å². The largest absolute Gasteiger partial charge is 0.311 e. The first kappa shape index (κ1) is 28.6. The molecule has 8 rings (SSSR count). The standard InChI is InChI=1S/C45H41N/c1-4-45(2,3)41-21-13-31(14-22-41)32-15-23-42(24-16-32)46(43-25-17-35(18-26-43)39-11-7-33-5-9-37(33)29-39)44-27-19-36(20-28-44)40-12-8-34-6-10-38(34)30-40/h7-8,11-30H,4-6,9-10H2,1-3H3. The molecule has 46 heavy (non-hydrogen) atoms. The van der Waals surface area contributed by atoms with Crippen molar-refractivity contribution in [2.75, 3.05) is 4.90 Å². The molecule has 0 amide bonds. The van der Waals surface area contributed by atoms with Crippen molar-refractivity contribution in [3.63, 3.8) is 0 Å². The van der Waals surface area contributed by atoms with E-state index in [-0.39, 0.29) is 5.41 Å². The number of anilines is 3. The molecule has 0 saturated heterocycles. The Labute approximate surface area is 274 Å². The summed E-state index contributed by atoms with van der Waals surface area (Å²) in [5.74, 6) is 0. The molecule has 0 atom stereocenters. The molecule has 0 aliphatic heterocycles. The Morgan fingerprint density at radius 2 is 0.739 bits per heavy atom. The normalized spacial score (nSPS) is 13.3. The number of hydrogen-bond acceptors (Lipinski definition) is 1. The first-order chi connectivity index (χ1) is 22.4. The molecule has 0 unspecified atom stereocenters. The molecular weight excluding hydrogens is 555 g/mol. The molecule has 0 N–H and O–H groups in total. The highest BCUT2D eigenvalue weighted by atomic mass is 15.1. The van der Waals surface area contributed by atoms with Crippen LogP contribution in [-0.2, 0) is 31.1 Å². The molecule has 0 heterocycles. The minimum atomic E-state index is 0.191. The Hall–Kier alpha value is -4.88. The second-order valence-electron chi connectivity index (χ2n) is 13.8. The van der Waals surface area contributed by atoms with E-state index in [1.807, 2.05) is 0 Å². The van der Waals surface area contributed by atoms with E-state index in [0.717, 1.165) is 23.5 Å². The number of aryl methyl sites for hydroxylation is 4. The van der Waals surface area contributed by atoms with Crippen LogP contribution < -0.4 is 4.90 Å². The molecule has 6 aromatic rings. The number of fused-ring (bicyclic) bond motifs is 2. The Balaban J connectivity index is 1.13. The van der Waals surface area contributed by atoms with E-state index < -0.39 is 0 Å². The van der Waals surface area contributed by atoms with E-state index in [0.29, 0.717) is 0 Å². The van der Waals surface area contributed by atoms with Crippen molar-refractivity contribution in [1.29, 1.82) is 0 Å². The lowest BCUT2D eigenvalue weighted by atomic mass is 9.82. The van der Waals surface area contributed by atoms with Gasteiger partial charge in [-0.3, -0.25) is 0 Å². The van der Waals surface area contributed by atoms with Gasteiger partial charge in [0, 0.05) is 17.1 Å². The summed E-state index contributed by atoms with van der Waals surface area (Å²) in [7, 11) is 0. The summed E-state index contributed by atoms with van der Waals surface area (Å²) in [4.78, 5) is 2.37. The molecular formula is C45H41N. The first-order valence-corrected chi connectivity index (χ1v) is 16.9. The third-order valence-electron chi connectivity index (χ3n) is 10.7. The van der Waals surface area contributed by atoms with Crippen LogP contribution in [0.3, 0.4) is 0 Å². The second-order valence-corrected chi connectivity index (χ2v) is 13.8. The van der Waals surface area contributed by atoms with Crippen LogP contribution >= 0.6 is 0 Å². The summed E-state index contributed by atoms with van der Waals surface area (Å²) in [6, 6.07) is 50.2. The molecule has 6 aromatic carbocycles. The molecule has 0 radical (unpaired) electrons. The topological polar surface area (TPSA) is 3.24 Å². The number of nitrogens with zero attached hydrogens (tertiary/aromatic N) is 1. The predicted octanol–water partition coefficient (Wildman–Crippen LogP) is 12.0. The van der Waals surface area contributed by atoms with E-state index in [1.54, 1.807) is 0 Å². The molecule has 0 saturated carbocycles. The van der Waals surface area contributed by atoms with Crippen molar-refractivity contribution < 1.29 is 0 Å². The van der Waals surface area contributed by atoms with E-state index in [1.165, 1.54) is 86.9 Å². The van der Waals surface area contributed by atoms with Crippen molar-refractivity contribution in [2.24, 2.45) is 0 Å². The molecule has 0 spiro atoms. The minimum Gasteiger partial charge on any atom is -0.311 e. The fourth-order valence-electron chi connectivity index (χ4n) is 6.92. The molecule has 226 valence electrons. The highest BCUT2D eigenvalue weighted by molar-refractivity contribution is 5.81. The maximum Gasteiger partial charge on any atom is 0.0462 e. The Bertz CT molecular complexity index is 1910. The zero-order valence-electron chi connectivity index (χ0n) is 27.2. The molecule has 1 heteroatoms. The maximum atomic E-state index is 2.37. The summed E-state index contributed by atoms with van der Waals surface area (Å²) in [5.41, 5.74) is 18.7. The van der Waals surface area contributed by atoms with Crippen LogP contribution in [0.1, 0.15) is 55.0 Å². The van der Waals surface area contributed by atoms with Crippen LogP contribution in [0.5, 0.6) is 0 Å². The highest BCUT2D eigenvalue weighted by Crippen LogP contribution is 2.39. The highest BCUT2D eigenvalue weighted by Gasteiger charge is 2.19. The quantitative estimate of drug-likeness (QED) is 0.169. The van der Waals surface area contributed by atoms with Gasteiger partial charge < -0.3 is 4.90 Å². The third-order valence-corrected chi connectivity index (χ3v) is 10.7. The van der Waals surface area contributed by atoms with Crippen molar-refractivity contribution in [2.45, 2.75) is 58.3 Å². The average Bonchev–Trinajstić information content (AvgIpc) is 3.07. The monoisotopic (exact) mass is 595 g/mol. The number of benzene rings is 6. The predicted molar refractivity (Wildman–Crippen MR) is 196 cm³/mol. The fraction of sp³-hybridized carbons (Fsp3) is 0.200. The Morgan fingerprint density at radius 3 is 1.07 bits per heavy atom. The Kier molecular flexibility index (Phi) is 7.14.